The van der Waals surface area contributed by atoms with Crippen LogP contribution in [0.1, 0.15) is 15.9 Å². The summed E-state index contributed by atoms with van der Waals surface area (Å²) in [4.78, 5) is 22.6. The molecule has 0 heterocycles. The van der Waals surface area contributed by atoms with Crippen LogP contribution in [0.15, 0.2) is 54.6 Å². The van der Waals surface area contributed by atoms with Gasteiger partial charge in [-0.2, -0.15) is 0 Å². The molecule has 2 N–H and O–H groups in total. The molecule has 0 fully saturated rings. The van der Waals surface area contributed by atoms with Crippen LogP contribution in [0, 0.1) is 10.1 Å². The number of nitro benzene ring substituents is 1. The molecule has 0 aliphatic heterocycles. The zero-order chi connectivity index (χ0) is 18.4. The van der Waals surface area contributed by atoms with Crippen molar-refractivity contribution in [2.45, 2.75) is 16.5 Å². The largest absolute Gasteiger partial charge is 0.333 e. The molecule has 6 nitrogen and oxygen atoms in total. The van der Waals surface area contributed by atoms with Gasteiger partial charge in [0, 0.05) is 24.2 Å². The average Bonchev–Trinajstić information content (AvgIpc) is 2.58. The van der Waals surface area contributed by atoms with E-state index in [0.717, 1.165) is 11.6 Å². The maximum absolute atomic E-state index is 12.3. The SMILES string of the molecule is O=C(N[C@H](NCc1ccccc1)C(Cl)(Cl)Cl)c1cccc([N+](=O)[O-])c1. The van der Waals surface area contributed by atoms with Gasteiger partial charge in [0.2, 0.25) is 3.79 Å². The summed E-state index contributed by atoms with van der Waals surface area (Å²) in [6.45, 7) is 0.356. The smallest absolute Gasteiger partial charge is 0.270 e. The molecule has 0 saturated heterocycles. The highest BCUT2D eigenvalue weighted by Crippen LogP contribution is 2.29. The predicted molar refractivity (Wildman–Crippen MR) is 97.9 cm³/mol. The maximum atomic E-state index is 12.3. The Hall–Kier alpha value is -1.86. The molecule has 0 aromatic heterocycles. The number of rotatable bonds is 6. The summed E-state index contributed by atoms with van der Waals surface area (Å²) in [5, 5.41) is 16.3. The number of halogens is 3. The van der Waals surface area contributed by atoms with E-state index >= 15 is 0 Å². The molecule has 2 rings (SSSR count). The fourth-order valence-corrected chi connectivity index (χ4v) is 2.43. The molecule has 0 aliphatic rings. The van der Waals surface area contributed by atoms with Crippen molar-refractivity contribution in [1.82, 2.24) is 10.6 Å². The molecular weight excluding hydrogens is 389 g/mol. The second-order valence-electron chi connectivity index (χ2n) is 5.12. The molecule has 0 spiro atoms. The second kappa shape index (κ2) is 8.49. The lowest BCUT2D eigenvalue weighted by Gasteiger charge is -2.26. The minimum atomic E-state index is -1.81. The van der Waals surface area contributed by atoms with E-state index < -0.39 is 20.8 Å². The number of hydrogen-bond donors (Lipinski definition) is 2. The van der Waals surface area contributed by atoms with Crippen molar-refractivity contribution in [3.8, 4) is 0 Å². The van der Waals surface area contributed by atoms with E-state index in [2.05, 4.69) is 10.6 Å². The third-order valence-electron chi connectivity index (χ3n) is 3.28. The average molecular weight is 403 g/mol. The summed E-state index contributed by atoms with van der Waals surface area (Å²) in [5.74, 6) is -0.597. The third kappa shape index (κ3) is 5.86. The summed E-state index contributed by atoms with van der Waals surface area (Å²) >= 11 is 17.8. The molecule has 2 aromatic carbocycles. The zero-order valence-electron chi connectivity index (χ0n) is 12.8. The number of nitrogens with one attached hydrogen (secondary N) is 2. The van der Waals surface area contributed by atoms with Crippen molar-refractivity contribution in [2.24, 2.45) is 0 Å². The van der Waals surface area contributed by atoms with E-state index in [1.165, 1.54) is 18.2 Å². The predicted octanol–water partition coefficient (Wildman–Crippen LogP) is 3.81. The molecule has 0 unspecified atom stereocenters. The number of non-ortho nitro benzene ring substituents is 1. The Labute approximate surface area is 159 Å². The van der Waals surface area contributed by atoms with Crippen LogP contribution >= 0.6 is 34.8 Å². The highest BCUT2D eigenvalue weighted by Gasteiger charge is 2.34. The van der Waals surface area contributed by atoms with Crippen LogP contribution < -0.4 is 10.6 Å². The Balaban J connectivity index is 2.10. The Morgan fingerprint density at radius 3 is 2.40 bits per heavy atom. The molecule has 0 saturated carbocycles. The number of alkyl halides is 3. The highest BCUT2D eigenvalue weighted by atomic mass is 35.6. The lowest BCUT2D eigenvalue weighted by atomic mass is 10.2. The van der Waals surface area contributed by atoms with Crippen molar-refractivity contribution in [3.05, 3.63) is 75.8 Å². The molecule has 0 bridgehead atoms. The Kier molecular flexibility index (Phi) is 6.61. The summed E-state index contributed by atoms with van der Waals surface area (Å²) in [7, 11) is 0. The third-order valence-corrected chi connectivity index (χ3v) is 3.93. The summed E-state index contributed by atoms with van der Waals surface area (Å²) in [6.07, 6.45) is -0.996. The van der Waals surface area contributed by atoms with E-state index in [9.17, 15) is 14.9 Å². The van der Waals surface area contributed by atoms with Gasteiger partial charge in [0.15, 0.2) is 0 Å². The van der Waals surface area contributed by atoms with Gasteiger partial charge >= 0.3 is 0 Å². The zero-order valence-corrected chi connectivity index (χ0v) is 15.1. The van der Waals surface area contributed by atoms with Gasteiger partial charge in [-0.25, -0.2) is 0 Å². The summed E-state index contributed by atoms with van der Waals surface area (Å²) in [6, 6.07) is 14.7. The number of carbonyl (C=O) groups excluding carboxylic acids is 1. The molecular formula is C16H14Cl3N3O3. The van der Waals surface area contributed by atoms with Crippen molar-refractivity contribution >= 4 is 46.4 Å². The van der Waals surface area contributed by atoms with Crippen molar-refractivity contribution in [1.29, 1.82) is 0 Å². The van der Waals surface area contributed by atoms with Crippen molar-refractivity contribution in [3.63, 3.8) is 0 Å². The highest BCUT2D eigenvalue weighted by molar-refractivity contribution is 6.68. The van der Waals surface area contributed by atoms with Crippen molar-refractivity contribution in [2.75, 3.05) is 0 Å². The molecule has 0 aliphatic carbocycles. The first-order valence-electron chi connectivity index (χ1n) is 7.17. The van der Waals surface area contributed by atoms with Gasteiger partial charge in [-0.3, -0.25) is 20.2 Å². The Morgan fingerprint density at radius 1 is 1.12 bits per heavy atom. The standard InChI is InChI=1S/C16H14Cl3N3O3/c17-16(18,19)15(20-10-11-5-2-1-3-6-11)21-14(23)12-7-4-8-13(9-12)22(24)25/h1-9,15,20H,10H2,(H,21,23)/t15-/m0/s1. The monoisotopic (exact) mass is 401 g/mol. The van der Waals surface area contributed by atoms with Crippen LogP contribution in [0.25, 0.3) is 0 Å². The van der Waals surface area contributed by atoms with Gasteiger partial charge < -0.3 is 5.32 Å². The quantitative estimate of drug-likeness (QED) is 0.333. The number of carbonyl (C=O) groups is 1. The van der Waals surface area contributed by atoms with Gasteiger partial charge in [-0.1, -0.05) is 71.2 Å². The Bertz CT molecular complexity index is 751. The normalized spacial score (nSPS) is 12.4. The van der Waals surface area contributed by atoms with Crippen LogP contribution in [0.5, 0.6) is 0 Å². The van der Waals surface area contributed by atoms with Crippen molar-refractivity contribution < 1.29 is 9.72 Å². The minimum Gasteiger partial charge on any atom is -0.333 e. The van der Waals surface area contributed by atoms with E-state index in [0.29, 0.717) is 6.54 Å². The maximum Gasteiger partial charge on any atom is 0.270 e. The van der Waals surface area contributed by atoms with Crippen LogP contribution in [-0.4, -0.2) is 20.8 Å². The van der Waals surface area contributed by atoms with Gasteiger partial charge in [-0.05, 0) is 11.6 Å². The lowest BCUT2D eigenvalue weighted by Crippen LogP contribution is -2.53. The number of amides is 1. The van der Waals surface area contributed by atoms with Gasteiger partial charge in [0.25, 0.3) is 11.6 Å². The number of benzene rings is 2. The fraction of sp³-hybridized carbons (Fsp3) is 0.188. The minimum absolute atomic E-state index is 0.0926. The van der Waals surface area contributed by atoms with E-state index in [-0.39, 0.29) is 11.3 Å². The fourth-order valence-electron chi connectivity index (χ4n) is 2.04. The molecule has 132 valence electrons. The molecule has 1 atom stereocenters. The number of nitro groups is 1. The van der Waals surface area contributed by atoms with Crippen LogP contribution in [0.4, 0.5) is 5.69 Å². The summed E-state index contributed by atoms with van der Waals surface area (Å²) < 4.78 is -1.81. The first-order valence-corrected chi connectivity index (χ1v) is 8.30. The van der Waals surface area contributed by atoms with Crippen LogP contribution in [0.3, 0.4) is 0 Å². The molecule has 1 amide bonds. The molecule has 25 heavy (non-hydrogen) atoms. The lowest BCUT2D eigenvalue weighted by molar-refractivity contribution is -0.384. The molecule has 2 aromatic rings. The number of hydrogen-bond acceptors (Lipinski definition) is 4. The topological polar surface area (TPSA) is 84.3 Å². The molecule has 9 heteroatoms. The molecule has 0 radical (unpaired) electrons. The van der Waals surface area contributed by atoms with Gasteiger partial charge in [0.1, 0.15) is 6.17 Å². The first kappa shape index (κ1) is 19.5. The van der Waals surface area contributed by atoms with E-state index in [1.54, 1.807) is 0 Å². The summed E-state index contributed by atoms with van der Waals surface area (Å²) in [5.41, 5.74) is 0.830. The van der Waals surface area contributed by atoms with E-state index in [4.69, 9.17) is 34.8 Å². The van der Waals surface area contributed by atoms with Gasteiger partial charge in [-0.15, -0.1) is 0 Å². The number of nitrogens with zero attached hydrogens (tertiary/aromatic N) is 1. The second-order valence-corrected chi connectivity index (χ2v) is 7.49. The van der Waals surface area contributed by atoms with Crippen LogP contribution in [-0.2, 0) is 6.54 Å². The van der Waals surface area contributed by atoms with Gasteiger partial charge in [0.05, 0.1) is 4.92 Å². The first-order chi connectivity index (χ1) is 11.8. The van der Waals surface area contributed by atoms with E-state index in [1.807, 2.05) is 30.3 Å². The van der Waals surface area contributed by atoms with Crippen LogP contribution in [0.2, 0.25) is 0 Å². The Morgan fingerprint density at radius 2 is 1.80 bits per heavy atom.